The van der Waals surface area contributed by atoms with Gasteiger partial charge in [0, 0.05) is 22.3 Å². The molecule has 3 aliphatic carbocycles. The van der Waals surface area contributed by atoms with Crippen molar-refractivity contribution in [3.8, 4) is 5.75 Å². The number of amides is 2. The van der Waals surface area contributed by atoms with Crippen LogP contribution >= 0.6 is 7.82 Å². The van der Waals surface area contributed by atoms with Crippen LogP contribution in [0.4, 0.5) is 9.18 Å². The summed E-state index contributed by atoms with van der Waals surface area (Å²) in [6.45, 7) is 9.23. The van der Waals surface area contributed by atoms with Crippen molar-refractivity contribution in [2.24, 2.45) is 28.1 Å². The average Bonchev–Trinajstić information content (AvgIpc) is 3.14. The summed E-state index contributed by atoms with van der Waals surface area (Å²) in [4.78, 5) is 60.9. The first kappa shape index (κ1) is 33.9. The minimum absolute atomic E-state index is 0. The van der Waals surface area contributed by atoms with Gasteiger partial charge in [-0.25, -0.2) is 9.18 Å². The van der Waals surface area contributed by atoms with Crippen LogP contribution in [0, 0.1) is 28.1 Å². The summed E-state index contributed by atoms with van der Waals surface area (Å²) in [5.74, 6) is -1.91. The average molecular weight is 604 g/mol. The topological polar surface area (TPSA) is 151 Å². The van der Waals surface area contributed by atoms with E-state index in [9.17, 15) is 28.7 Å². The number of ether oxygens (including phenoxy) is 2. The van der Waals surface area contributed by atoms with E-state index < -0.39 is 66.1 Å². The van der Waals surface area contributed by atoms with Gasteiger partial charge in [-0.15, -0.1) is 6.58 Å². The Hall–Kier alpha value is -1.59. The maximum absolute atomic E-state index is 15.2. The second kappa shape index (κ2) is 12.2. The number of rotatable bonds is 6. The van der Waals surface area contributed by atoms with E-state index in [-0.39, 0.29) is 60.3 Å². The molecule has 0 radical (unpaired) electrons. The number of halogens is 1. The van der Waals surface area contributed by atoms with Crippen LogP contribution in [0.1, 0.15) is 63.2 Å². The number of imide groups is 1. The molecule has 3 saturated carbocycles. The molecule has 3 aliphatic rings. The minimum atomic E-state index is -5.25. The fourth-order valence-electron chi connectivity index (χ4n) is 7.30. The summed E-state index contributed by atoms with van der Waals surface area (Å²) >= 11 is 0. The second-order valence-corrected chi connectivity index (χ2v) is 13.1. The van der Waals surface area contributed by atoms with Crippen LogP contribution in [0.25, 0.3) is 0 Å². The third-order valence-corrected chi connectivity index (χ3v) is 10.3. The van der Waals surface area contributed by atoms with Gasteiger partial charge in [0.15, 0.2) is 12.0 Å². The number of hydrogen-bond acceptors (Lipinski definition) is 8. The van der Waals surface area contributed by atoms with E-state index in [1.807, 2.05) is 6.92 Å². The summed E-state index contributed by atoms with van der Waals surface area (Å²) in [6, 6.07) is 6.07. The van der Waals surface area contributed by atoms with Crippen molar-refractivity contribution in [1.29, 1.82) is 0 Å². The van der Waals surface area contributed by atoms with Crippen LogP contribution in [-0.4, -0.2) is 48.2 Å². The number of carbonyl (C=O) groups is 3. The van der Waals surface area contributed by atoms with Gasteiger partial charge in [-0.2, -0.15) is 0 Å². The predicted octanol–water partition coefficient (Wildman–Crippen LogP) is 1.12. The number of methoxy groups -OCH3 is 1. The Kier molecular flexibility index (Phi) is 10.1. The number of alkyl carbamates (subject to hydrolysis) is 1. The molecule has 2 unspecified atom stereocenters. The number of alkyl halides is 1. The molecule has 0 aromatic heterocycles. The number of benzene rings is 1. The van der Waals surface area contributed by atoms with Crippen LogP contribution in [0.15, 0.2) is 36.9 Å². The first-order valence-electron chi connectivity index (χ1n) is 13.3. The second-order valence-electron chi connectivity index (χ2n) is 11.9. The van der Waals surface area contributed by atoms with Gasteiger partial charge in [-0.3, -0.25) is 19.5 Å². The zero-order valence-electron chi connectivity index (χ0n) is 24.1. The molecule has 3 fully saturated rings. The van der Waals surface area contributed by atoms with E-state index in [1.165, 1.54) is 25.3 Å². The van der Waals surface area contributed by atoms with E-state index in [2.05, 4.69) is 11.9 Å². The van der Waals surface area contributed by atoms with Crippen molar-refractivity contribution in [3.63, 3.8) is 0 Å². The molecule has 220 valence electrons. The molecule has 2 bridgehead atoms. The van der Waals surface area contributed by atoms with Crippen molar-refractivity contribution in [2.45, 2.75) is 71.3 Å². The Morgan fingerprint density at radius 3 is 2.39 bits per heavy atom. The minimum Gasteiger partial charge on any atom is -0.756 e. The van der Waals surface area contributed by atoms with Gasteiger partial charge in [0.2, 0.25) is 0 Å². The zero-order valence-corrected chi connectivity index (χ0v) is 26.9. The van der Waals surface area contributed by atoms with Crippen molar-refractivity contribution in [1.82, 2.24) is 5.32 Å². The predicted molar refractivity (Wildman–Crippen MR) is 140 cm³/mol. The number of phosphoric acid groups is 1. The first-order valence-corrected chi connectivity index (χ1v) is 14.8. The molecule has 1 aromatic carbocycles. The fourth-order valence-corrected chi connectivity index (χ4v) is 7.93. The molecule has 2 amide bonds. The molecule has 1 aromatic rings. The molecule has 0 aliphatic heterocycles. The van der Waals surface area contributed by atoms with Gasteiger partial charge in [0.25, 0.3) is 13.7 Å². The van der Waals surface area contributed by atoms with E-state index in [1.54, 1.807) is 26.0 Å². The van der Waals surface area contributed by atoms with Crippen molar-refractivity contribution >= 4 is 25.6 Å². The molecule has 0 heterocycles. The summed E-state index contributed by atoms with van der Waals surface area (Å²) in [5, 5.41) is 2.20. The van der Waals surface area contributed by atoms with Gasteiger partial charge < -0.3 is 23.8 Å². The van der Waals surface area contributed by atoms with E-state index in [0.717, 1.165) is 0 Å². The van der Waals surface area contributed by atoms with Gasteiger partial charge >= 0.3 is 35.7 Å². The number of phosphoric ester groups is 1. The number of carbonyl (C=O) groups excluding carboxylic acids is 3. The molecule has 2 N–H and O–H groups in total. The summed E-state index contributed by atoms with van der Waals surface area (Å²) in [6.07, 6.45) is -2.84. The number of Topliss-reactive ketones (excluding diaryl/α,β-unsaturated/α-hetero) is 1. The summed E-state index contributed by atoms with van der Waals surface area (Å²) in [7, 11) is -3.77. The fraction of sp³-hybridized carbons (Fsp3) is 0.607. The van der Waals surface area contributed by atoms with Crippen molar-refractivity contribution in [2.75, 3.05) is 7.11 Å². The maximum atomic E-state index is 15.2. The largest absolute Gasteiger partial charge is 1.00 e. The molecular weight excluding hydrogens is 567 g/mol. The molecule has 10 nitrogen and oxygen atoms in total. The Morgan fingerprint density at radius 1 is 1.20 bits per heavy atom. The van der Waals surface area contributed by atoms with E-state index >= 15 is 4.39 Å². The zero-order chi connectivity index (χ0) is 29.7. The van der Waals surface area contributed by atoms with Gasteiger partial charge in [-0.1, -0.05) is 26.8 Å². The number of hydrogen-bond donors (Lipinski definition) is 2. The SMILES string of the molecule is C=C[C@]1(C)C[C@@H](OC(=O)NC(=O)c2ccc(OC)cc2)[C@]2(C)[C@H](C)CCC3(C[C@@H]1OP(=O)([O-])O)C[C@H](F)C(=O)[C@H]32.[Na+]. The van der Waals surface area contributed by atoms with E-state index in [0.29, 0.717) is 18.6 Å². The summed E-state index contributed by atoms with van der Waals surface area (Å²) in [5.41, 5.74) is -3.04. The quantitative estimate of drug-likeness (QED) is 0.277. The molecule has 4 rings (SSSR count). The maximum Gasteiger partial charge on any atom is 1.00 e. The van der Waals surface area contributed by atoms with Crippen LogP contribution in [-0.2, 0) is 18.6 Å². The third-order valence-electron chi connectivity index (χ3n) is 9.74. The number of nitrogens with one attached hydrogen (secondary N) is 1. The standard InChI is InChI=1S/C28H37FNO9P.Na/c1-6-26(3)14-21(38-25(33)30-24(32)17-7-9-18(37-5)10-8-17)27(4)16(2)11-12-28(13-19(29)22(31)23(27)28)15-20(26)39-40(34,35)36;/h6-10,16,19-21,23H,1,11-15H2,2-5H3,(H,30,32,33)(H2,34,35,36);/q;+1/p-1/t16-,19+,20+,21-,23+,26-,27+,28?;/m1./s1. The molecular formula is C28H36FNNaO9P. The van der Waals surface area contributed by atoms with Gasteiger partial charge in [0.05, 0.1) is 13.2 Å². The van der Waals surface area contributed by atoms with Crippen LogP contribution in [0.2, 0.25) is 0 Å². The Morgan fingerprint density at radius 2 is 1.83 bits per heavy atom. The monoisotopic (exact) mass is 603 g/mol. The third kappa shape index (κ3) is 6.37. The van der Waals surface area contributed by atoms with Gasteiger partial charge in [-0.05, 0) is 67.7 Å². The van der Waals surface area contributed by atoms with Gasteiger partial charge in [0.1, 0.15) is 11.9 Å². The van der Waals surface area contributed by atoms with Crippen molar-refractivity contribution < 1.29 is 76.7 Å². The Labute approximate surface area is 261 Å². The first-order chi connectivity index (χ1) is 18.6. The van der Waals surface area contributed by atoms with Crippen LogP contribution < -0.4 is 44.5 Å². The molecule has 0 spiro atoms. The van der Waals surface area contributed by atoms with E-state index in [4.69, 9.17) is 14.0 Å². The van der Waals surface area contributed by atoms with Crippen LogP contribution in [0.5, 0.6) is 5.75 Å². The molecule has 9 atom stereocenters. The van der Waals surface area contributed by atoms with Crippen molar-refractivity contribution in [3.05, 3.63) is 42.5 Å². The smallest absolute Gasteiger partial charge is 0.756 e. The molecule has 13 heteroatoms. The Bertz CT molecular complexity index is 1240. The molecule has 0 saturated heterocycles. The summed E-state index contributed by atoms with van der Waals surface area (Å²) < 4.78 is 43.3. The normalized spacial score (nSPS) is 37.7. The van der Waals surface area contributed by atoms with Crippen LogP contribution in [0.3, 0.4) is 0 Å². The Balaban J connectivity index is 0.00000462. The number of ketones is 1. The molecule has 41 heavy (non-hydrogen) atoms.